The van der Waals surface area contributed by atoms with Gasteiger partial charge in [-0.3, -0.25) is 4.90 Å². The van der Waals surface area contributed by atoms with Crippen molar-refractivity contribution in [3.63, 3.8) is 0 Å². The van der Waals surface area contributed by atoms with E-state index < -0.39 is 12.1 Å². The molecule has 3 atom stereocenters. The van der Waals surface area contributed by atoms with Gasteiger partial charge in [0.2, 0.25) is 0 Å². The molecule has 0 aromatic heterocycles. The predicted molar refractivity (Wildman–Crippen MR) is 72.2 cm³/mol. The maximum absolute atomic E-state index is 12.9. The van der Waals surface area contributed by atoms with Crippen molar-refractivity contribution in [1.82, 2.24) is 10.2 Å². The standard InChI is InChI=1S/C14H27F3N2/c1-4-7-12(18-3)13(5-2)19-9-6-8-11(10-19)14(15,16)17/h11-13,18H,4-10H2,1-3H3. The van der Waals surface area contributed by atoms with Gasteiger partial charge in [0.15, 0.2) is 0 Å². The van der Waals surface area contributed by atoms with Crippen LogP contribution in [0.2, 0.25) is 0 Å². The summed E-state index contributed by atoms with van der Waals surface area (Å²) in [4.78, 5) is 2.05. The van der Waals surface area contributed by atoms with Crippen LogP contribution in [-0.4, -0.2) is 43.3 Å². The molecule has 1 fully saturated rings. The van der Waals surface area contributed by atoms with Crippen LogP contribution in [0.15, 0.2) is 0 Å². The number of nitrogens with zero attached hydrogens (tertiary/aromatic N) is 1. The summed E-state index contributed by atoms with van der Waals surface area (Å²) in [6, 6.07) is 0.511. The second-order valence-electron chi connectivity index (χ2n) is 5.54. The Balaban J connectivity index is 2.69. The van der Waals surface area contributed by atoms with Gasteiger partial charge in [-0.15, -0.1) is 0 Å². The third-order valence-electron chi connectivity index (χ3n) is 4.24. The Morgan fingerprint density at radius 2 is 2.00 bits per heavy atom. The van der Waals surface area contributed by atoms with Gasteiger partial charge in [-0.05, 0) is 39.3 Å². The Labute approximate surface area is 114 Å². The summed E-state index contributed by atoms with van der Waals surface area (Å²) in [5.74, 6) is -1.14. The molecule has 1 aliphatic heterocycles. The zero-order chi connectivity index (χ0) is 14.5. The molecule has 1 rings (SSSR count). The van der Waals surface area contributed by atoms with Crippen LogP contribution in [0.3, 0.4) is 0 Å². The molecule has 0 aromatic rings. The minimum Gasteiger partial charge on any atom is -0.315 e. The molecule has 3 unspecified atom stereocenters. The van der Waals surface area contributed by atoms with E-state index >= 15 is 0 Å². The molecular formula is C14H27F3N2. The fourth-order valence-corrected chi connectivity index (χ4v) is 3.21. The molecule has 19 heavy (non-hydrogen) atoms. The first-order chi connectivity index (χ1) is 8.93. The van der Waals surface area contributed by atoms with Crippen molar-refractivity contribution in [2.24, 2.45) is 5.92 Å². The lowest BCUT2D eigenvalue weighted by Crippen LogP contribution is -2.53. The molecular weight excluding hydrogens is 253 g/mol. The van der Waals surface area contributed by atoms with Crippen LogP contribution < -0.4 is 5.32 Å². The van der Waals surface area contributed by atoms with Crippen LogP contribution in [-0.2, 0) is 0 Å². The number of rotatable bonds is 6. The highest BCUT2D eigenvalue weighted by atomic mass is 19.4. The van der Waals surface area contributed by atoms with E-state index in [1.165, 1.54) is 0 Å². The summed E-state index contributed by atoms with van der Waals surface area (Å²) >= 11 is 0. The maximum Gasteiger partial charge on any atom is 0.393 e. The van der Waals surface area contributed by atoms with Crippen LogP contribution >= 0.6 is 0 Å². The SMILES string of the molecule is CCCC(NC)C(CC)N1CCCC(C(F)(F)F)C1. The lowest BCUT2D eigenvalue weighted by Gasteiger charge is -2.41. The molecule has 114 valence electrons. The number of halogens is 3. The molecule has 0 saturated carbocycles. The second-order valence-corrected chi connectivity index (χ2v) is 5.54. The summed E-state index contributed by atoms with van der Waals surface area (Å²) in [6.07, 6.45) is -0.134. The Hall–Kier alpha value is -0.290. The lowest BCUT2D eigenvalue weighted by atomic mass is 9.92. The smallest absolute Gasteiger partial charge is 0.315 e. The van der Waals surface area contributed by atoms with E-state index in [0.29, 0.717) is 12.5 Å². The van der Waals surface area contributed by atoms with E-state index in [4.69, 9.17) is 0 Å². The van der Waals surface area contributed by atoms with Gasteiger partial charge < -0.3 is 5.32 Å². The van der Waals surface area contributed by atoms with Gasteiger partial charge in [-0.1, -0.05) is 20.3 Å². The van der Waals surface area contributed by atoms with Crippen LogP contribution in [0.5, 0.6) is 0 Å². The zero-order valence-electron chi connectivity index (χ0n) is 12.3. The third-order valence-corrected chi connectivity index (χ3v) is 4.24. The largest absolute Gasteiger partial charge is 0.393 e. The quantitative estimate of drug-likeness (QED) is 0.802. The highest BCUT2D eigenvalue weighted by molar-refractivity contribution is 4.87. The number of hydrogen-bond acceptors (Lipinski definition) is 2. The molecule has 1 N–H and O–H groups in total. The predicted octanol–water partition coefficient (Wildman–Crippen LogP) is 3.43. The van der Waals surface area contributed by atoms with Gasteiger partial charge in [0.25, 0.3) is 0 Å². The summed E-state index contributed by atoms with van der Waals surface area (Å²) < 4.78 is 38.6. The Kier molecular flexibility index (Phi) is 6.60. The summed E-state index contributed by atoms with van der Waals surface area (Å²) in [6.45, 7) is 5.16. The van der Waals surface area contributed by atoms with Crippen molar-refractivity contribution in [2.45, 2.75) is 64.2 Å². The Morgan fingerprint density at radius 1 is 1.32 bits per heavy atom. The number of piperidine rings is 1. The van der Waals surface area contributed by atoms with Gasteiger partial charge in [0.05, 0.1) is 5.92 Å². The number of likely N-dealkylation sites (N-methyl/N-ethyl adjacent to an activating group) is 1. The van der Waals surface area contributed by atoms with E-state index in [1.54, 1.807) is 0 Å². The normalized spacial score (nSPS) is 25.3. The van der Waals surface area contributed by atoms with E-state index in [0.717, 1.165) is 25.8 Å². The van der Waals surface area contributed by atoms with Crippen LogP contribution in [0.25, 0.3) is 0 Å². The summed E-state index contributed by atoms with van der Waals surface area (Å²) in [5.41, 5.74) is 0. The summed E-state index contributed by atoms with van der Waals surface area (Å²) in [7, 11) is 1.91. The van der Waals surface area contributed by atoms with Crippen LogP contribution in [0, 0.1) is 5.92 Å². The molecule has 0 bridgehead atoms. The minimum atomic E-state index is -4.04. The van der Waals surface area contributed by atoms with Gasteiger partial charge in [0, 0.05) is 18.6 Å². The van der Waals surface area contributed by atoms with Gasteiger partial charge in [0.1, 0.15) is 0 Å². The van der Waals surface area contributed by atoms with Crippen molar-refractivity contribution in [1.29, 1.82) is 0 Å². The average molecular weight is 280 g/mol. The first kappa shape index (κ1) is 16.8. The third kappa shape index (κ3) is 4.63. The molecule has 0 spiro atoms. The maximum atomic E-state index is 12.9. The molecule has 1 aliphatic rings. The van der Waals surface area contributed by atoms with Crippen molar-refractivity contribution >= 4 is 0 Å². The molecule has 0 aromatic carbocycles. The zero-order valence-corrected chi connectivity index (χ0v) is 12.3. The second kappa shape index (κ2) is 7.48. The van der Waals surface area contributed by atoms with Crippen molar-refractivity contribution in [3.8, 4) is 0 Å². The van der Waals surface area contributed by atoms with Crippen molar-refractivity contribution in [3.05, 3.63) is 0 Å². The van der Waals surface area contributed by atoms with E-state index in [2.05, 4.69) is 24.1 Å². The Bertz CT molecular complexity index is 256. The fraction of sp³-hybridized carbons (Fsp3) is 1.00. The van der Waals surface area contributed by atoms with E-state index in [-0.39, 0.29) is 19.0 Å². The number of nitrogens with one attached hydrogen (secondary N) is 1. The average Bonchev–Trinajstić information content (AvgIpc) is 2.38. The minimum absolute atomic E-state index is 0.171. The van der Waals surface area contributed by atoms with E-state index in [9.17, 15) is 13.2 Å². The highest BCUT2D eigenvalue weighted by Gasteiger charge is 2.43. The number of hydrogen-bond donors (Lipinski definition) is 1. The lowest BCUT2D eigenvalue weighted by molar-refractivity contribution is -0.189. The van der Waals surface area contributed by atoms with Gasteiger partial charge in [-0.2, -0.15) is 13.2 Å². The molecule has 1 heterocycles. The van der Waals surface area contributed by atoms with Crippen molar-refractivity contribution < 1.29 is 13.2 Å². The monoisotopic (exact) mass is 280 g/mol. The van der Waals surface area contributed by atoms with Gasteiger partial charge >= 0.3 is 6.18 Å². The first-order valence-electron chi connectivity index (χ1n) is 7.42. The van der Waals surface area contributed by atoms with Crippen LogP contribution in [0.4, 0.5) is 13.2 Å². The number of alkyl halides is 3. The topological polar surface area (TPSA) is 15.3 Å². The van der Waals surface area contributed by atoms with Gasteiger partial charge in [-0.25, -0.2) is 0 Å². The Morgan fingerprint density at radius 3 is 2.47 bits per heavy atom. The molecule has 0 radical (unpaired) electrons. The van der Waals surface area contributed by atoms with Crippen LogP contribution in [0.1, 0.15) is 46.0 Å². The summed E-state index contributed by atoms with van der Waals surface area (Å²) in [5, 5.41) is 3.28. The molecule has 2 nitrogen and oxygen atoms in total. The molecule has 1 saturated heterocycles. The van der Waals surface area contributed by atoms with Crippen molar-refractivity contribution in [2.75, 3.05) is 20.1 Å². The molecule has 5 heteroatoms. The molecule has 0 amide bonds. The van der Waals surface area contributed by atoms with E-state index in [1.807, 2.05) is 7.05 Å². The highest BCUT2D eigenvalue weighted by Crippen LogP contribution is 2.34. The molecule has 0 aliphatic carbocycles. The first-order valence-corrected chi connectivity index (χ1v) is 7.42. The fourth-order valence-electron chi connectivity index (χ4n) is 3.21. The number of likely N-dealkylation sites (tertiary alicyclic amines) is 1.